The second-order valence-electron chi connectivity index (χ2n) is 3.58. The molecule has 1 heterocycles. The first-order valence-corrected chi connectivity index (χ1v) is 6.27. The minimum atomic E-state index is -0.218. The second-order valence-corrected chi connectivity index (χ2v) is 4.61. The van der Waals surface area contributed by atoms with Crippen LogP contribution in [-0.2, 0) is 0 Å². The minimum absolute atomic E-state index is 0.218. The van der Waals surface area contributed by atoms with Crippen molar-refractivity contribution in [1.29, 1.82) is 0 Å². The number of nitrogens with one attached hydrogen (secondary N) is 1. The Morgan fingerprint density at radius 2 is 2.18 bits per heavy atom. The third-order valence-electron chi connectivity index (χ3n) is 2.30. The topological polar surface area (TPSA) is 50.9 Å². The highest BCUT2D eigenvalue weighted by Gasteiger charge is 2.07. The van der Waals surface area contributed by atoms with Crippen LogP contribution >= 0.6 is 11.3 Å². The van der Waals surface area contributed by atoms with Gasteiger partial charge in [0.25, 0.3) is 0 Å². The van der Waals surface area contributed by atoms with Gasteiger partial charge in [0.05, 0.1) is 4.88 Å². The molecule has 0 aliphatic rings. The predicted octanol–water partition coefficient (Wildman–Crippen LogP) is 2.71. The van der Waals surface area contributed by atoms with Crippen LogP contribution in [0.25, 0.3) is 10.4 Å². The van der Waals surface area contributed by atoms with Gasteiger partial charge in [-0.3, -0.25) is 0 Å². The maximum atomic E-state index is 13.5. The van der Waals surface area contributed by atoms with Gasteiger partial charge in [-0.25, -0.2) is 9.37 Å². The molecule has 0 spiro atoms. The van der Waals surface area contributed by atoms with Crippen molar-refractivity contribution in [2.75, 3.05) is 18.4 Å². The molecule has 0 aliphatic heterocycles. The van der Waals surface area contributed by atoms with Crippen LogP contribution in [0.3, 0.4) is 0 Å². The fraction of sp³-hybridized carbons (Fsp3) is 0.250. The van der Waals surface area contributed by atoms with E-state index in [0.29, 0.717) is 12.1 Å². The van der Waals surface area contributed by atoms with Gasteiger partial charge in [-0.1, -0.05) is 29.5 Å². The van der Waals surface area contributed by atoms with Crippen molar-refractivity contribution in [1.82, 2.24) is 4.98 Å². The van der Waals surface area contributed by atoms with Crippen molar-refractivity contribution < 1.29 is 4.39 Å². The number of benzene rings is 1. The Morgan fingerprint density at radius 1 is 1.35 bits per heavy atom. The summed E-state index contributed by atoms with van der Waals surface area (Å²) in [7, 11) is 0. The van der Waals surface area contributed by atoms with Gasteiger partial charge in [0.1, 0.15) is 5.82 Å². The lowest BCUT2D eigenvalue weighted by Gasteiger charge is -1.99. The molecule has 0 saturated heterocycles. The average molecular weight is 251 g/mol. The molecule has 17 heavy (non-hydrogen) atoms. The fourth-order valence-corrected chi connectivity index (χ4v) is 2.31. The van der Waals surface area contributed by atoms with E-state index in [1.165, 1.54) is 17.4 Å². The van der Waals surface area contributed by atoms with Gasteiger partial charge in [0.15, 0.2) is 5.13 Å². The van der Waals surface area contributed by atoms with E-state index in [1.54, 1.807) is 18.3 Å². The molecule has 3 nitrogen and oxygen atoms in total. The van der Waals surface area contributed by atoms with E-state index in [9.17, 15) is 4.39 Å². The molecule has 0 radical (unpaired) electrons. The molecule has 2 aromatic rings. The van der Waals surface area contributed by atoms with Crippen LogP contribution in [0.1, 0.15) is 6.42 Å². The maximum absolute atomic E-state index is 13.5. The molecule has 1 aromatic heterocycles. The van der Waals surface area contributed by atoms with E-state index in [2.05, 4.69) is 10.3 Å². The van der Waals surface area contributed by atoms with Crippen LogP contribution < -0.4 is 11.1 Å². The van der Waals surface area contributed by atoms with Gasteiger partial charge in [0.2, 0.25) is 0 Å². The number of anilines is 1. The number of hydrogen-bond donors (Lipinski definition) is 2. The Bertz CT molecular complexity index is 484. The lowest BCUT2D eigenvalue weighted by molar-refractivity contribution is 0.631. The first-order chi connectivity index (χ1) is 8.31. The molecular formula is C12H14FN3S. The summed E-state index contributed by atoms with van der Waals surface area (Å²) in [4.78, 5) is 5.04. The third-order valence-corrected chi connectivity index (χ3v) is 3.29. The molecule has 0 bridgehead atoms. The summed E-state index contributed by atoms with van der Waals surface area (Å²) >= 11 is 1.45. The largest absolute Gasteiger partial charge is 0.361 e. The number of nitrogens with two attached hydrogens (primary N) is 1. The van der Waals surface area contributed by atoms with E-state index < -0.39 is 0 Å². The number of thiazole rings is 1. The zero-order chi connectivity index (χ0) is 12.1. The molecule has 0 unspecified atom stereocenters. The zero-order valence-electron chi connectivity index (χ0n) is 9.32. The van der Waals surface area contributed by atoms with Gasteiger partial charge in [0, 0.05) is 18.3 Å². The standard InChI is InChI=1S/C12H14FN3S/c13-10-5-2-1-4-9(10)11-8-16-12(17-11)15-7-3-6-14/h1-2,4-5,8H,3,6-7,14H2,(H,15,16). The molecular weight excluding hydrogens is 237 g/mol. The SMILES string of the molecule is NCCCNc1ncc(-c2ccccc2F)s1. The second kappa shape index (κ2) is 5.75. The Morgan fingerprint density at radius 3 is 2.94 bits per heavy atom. The third kappa shape index (κ3) is 3.01. The monoisotopic (exact) mass is 251 g/mol. The molecule has 1 aromatic carbocycles. The lowest BCUT2D eigenvalue weighted by atomic mass is 10.2. The first kappa shape index (κ1) is 12.0. The number of aromatic nitrogens is 1. The van der Waals surface area contributed by atoms with E-state index in [-0.39, 0.29) is 5.82 Å². The van der Waals surface area contributed by atoms with Crippen molar-refractivity contribution in [3.8, 4) is 10.4 Å². The lowest BCUT2D eigenvalue weighted by Crippen LogP contribution is -2.07. The summed E-state index contributed by atoms with van der Waals surface area (Å²) in [6.07, 6.45) is 2.59. The normalized spacial score (nSPS) is 10.5. The molecule has 0 amide bonds. The summed E-state index contributed by atoms with van der Waals surface area (Å²) in [6, 6.07) is 6.71. The van der Waals surface area contributed by atoms with Crippen LogP contribution in [0.5, 0.6) is 0 Å². The average Bonchev–Trinajstić information content (AvgIpc) is 2.79. The van der Waals surface area contributed by atoms with Crippen LogP contribution in [0, 0.1) is 5.82 Å². The van der Waals surface area contributed by atoms with Crippen molar-refractivity contribution in [2.45, 2.75) is 6.42 Å². The predicted molar refractivity (Wildman–Crippen MR) is 69.7 cm³/mol. The molecule has 3 N–H and O–H groups in total. The number of halogens is 1. The molecule has 2 rings (SSSR count). The van der Waals surface area contributed by atoms with Crippen molar-refractivity contribution in [3.63, 3.8) is 0 Å². The van der Waals surface area contributed by atoms with Gasteiger partial charge in [-0.05, 0) is 19.0 Å². The van der Waals surface area contributed by atoms with Crippen LogP contribution in [0.2, 0.25) is 0 Å². The summed E-state index contributed by atoms with van der Waals surface area (Å²) < 4.78 is 13.5. The first-order valence-electron chi connectivity index (χ1n) is 5.46. The Labute approximate surface area is 103 Å². The summed E-state index contributed by atoms with van der Waals surface area (Å²) in [5, 5.41) is 3.96. The van der Waals surface area contributed by atoms with Crippen molar-refractivity contribution in [3.05, 3.63) is 36.3 Å². The zero-order valence-corrected chi connectivity index (χ0v) is 10.1. The van der Waals surface area contributed by atoms with Crippen molar-refractivity contribution >= 4 is 16.5 Å². The Hall–Kier alpha value is -1.46. The van der Waals surface area contributed by atoms with Gasteiger partial charge < -0.3 is 11.1 Å². The van der Waals surface area contributed by atoms with Gasteiger partial charge >= 0.3 is 0 Å². The number of rotatable bonds is 5. The summed E-state index contributed by atoms with van der Waals surface area (Å²) in [5.74, 6) is -0.218. The maximum Gasteiger partial charge on any atom is 0.183 e. The van der Waals surface area contributed by atoms with Crippen LogP contribution in [-0.4, -0.2) is 18.1 Å². The molecule has 5 heteroatoms. The van der Waals surface area contributed by atoms with Crippen LogP contribution in [0.15, 0.2) is 30.5 Å². The van der Waals surface area contributed by atoms with E-state index in [4.69, 9.17) is 5.73 Å². The van der Waals surface area contributed by atoms with Gasteiger partial charge in [-0.15, -0.1) is 0 Å². The Kier molecular flexibility index (Phi) is 4.06. The van der Waals surface area contributed by atoms with Crippen LogP contribution in [0.4, 0.5) is 9.52 Å². The highest BCUT2D eigenvalue weighted by molar-refractivity contribution is 7.18. The molecule has 0 atom stereocenters. The molecule has 0 fully saturated rings. The smallest absolute Gasteiger partial charge is 0.183 e. The van der Waals surface area contributed by atoms with E-state index >= 15 is 0 Å². The van der Waals surface area contributed by atoms with Crippen molar-refractivity contribution in [2.24, 2.45) is 5.73 Å². The highest BCUT2D eigenvalue weighted by Crippen LogP contribution is 2.30. The number of nitrogens with zero attached hydrogens (tertiary/aromatic N) is 1. The molecule has 90 valence electrons. The minimum Gasteiger partial charge on any atom is -0.361 e. The van der Waals surface area contributed by atoms with E-state index in [1.807, 2.05) is 6.07 Å². The molecule has 0 aliphatic carbocycles. The van der Waals surface area contributed by atoms with Gasteiger partial charge in [-0.2, -0.15) is 0 Å². The number of hydrogen-bond acceptors (Lipinski definition) is 4. The fourth-order valence-electron chi connectivity index (χ4n) is 1.44. The highest BCUT2D eigenvalue weighted by atomic mass is 32.1. The van der Waals surface area contributed by atoms with E-state index in [0.717, 1.165) is 23.0 Å². The summed E-state index contributed by atoms with van der Waals surface area (Å²) in [6.45, 7) is 1.44. The Balaban J connectivity index is 2.10. The quantitative estimate of drug-likeness (QED) is 0.803. The molecule has 0 saturated carbocycles. The summed E-state index contributed by atoms with van der Waals surface area (Å²) in [5.41, 5.74) is 6.00.